The van der Waals surface area contributed by atoms with Gasteiger partial charge in [0.15, 0.2) is 5.76 Å². The summed E-state index contributed by atoms with van der Waals surface area (Å²) < 4.78 is 6.13. The maximum absolute atomic E-state index is 13.5. The van der Waals surface area contributed by atoms with Crippen LogP contribution in [-0.4, -0.2) is 11.8 Å². The molecule has 1 heterocycles. The van der Waals surface area contributed by atoms with Gasteiger partial charge >= 0.3 is 0 Å². The number of aryl methyl sites for hydroxylation is 1. The second-order valence-electron chi connectivity index (χ2n) is 7.71. The van der Waals surface area contributed by atoms with E-state index < -0.39 is 5.41 Å². The lowest BCUT2D eigenvalue weighted by Gasteiger charge is -2.29. The van der Waals surface area contributed by atoms with Crippen LogP contribution in [0.5, 0.6) is 0 Å². The zero-order valence-corrected chi connectivity index (χ0v) is 18.3. The predicted molar refractivity (Wildman–Crippen MR) is 121 cm³/mol. The van der Waals surface area contributed by atoms with Crippen LogP contribution in [0, 0.1) is 6.92 Å². The number of hydrogen-bond donors (Lipinski definition) is 2. The topological polar surface area (TPSA) is 71.3 Å². The third-order valence-corrected chi connectivity index (χ3v) is 6.31. The molecule has 2 N–H and O–H groups in total. The highest BCUT2D eigenvalue weighted by atomic mass is 79.9. The van der Waals surface area contributed by atoms with Gasteiger partial charge in [-0.25, -0.2) is 0 Å². The van der Waals surface area contributed by atoms with Gasteiger partial charge in [0.05, 0.1) is 11.7 Å². The summed E-state index contributed by atoms with van der Waals surface area (Å²) in [7, 11) is 0. The number of carbonyl (C=O) groups is 2. The van der Waals surface area contributed by atoms with E-state index in [0.29, 0.717) is 11.4 Å². The molecule has 154 valence electrons. The second-order valence-corrected chi connectivity index (χ2v) is 8.63. The van der Waals surface area contributed by atoms with Gasteiger partial charge in [0, 0.05) is 15.8 Å². The summed E-state index contributed by atoms with van der Waals surface area (Å²) in [4.78, 5) is 25.7. The van der Waals surface area contributed by atoms with E-state index in [0.717, 1.165) is 41.3 Å². The lowest BCUT2D eigenvalue weighted by Crippen LogP contribution is -2.38. The summed E-state index contributed by atoms with van der Waals surface area (Å²) in [6.07, 6.45) is 5.17. The maximum Gasteiger partial charge on any atom is 0.291 e. The number of furan rings is 1. The molecule has 0 saturated heterocycles. The minimum absolute atomic E-state index is 0.0000615. The van der Waals surface area contributed by atoms with E-state index in [-0.39, 0.29) is 17.6 Å². The van der Waals surface area contributed by atoms with Crippen molar-refractivity contribution >= 4 is 39.1 Å². The van der Waals surface area contributed by atoms with Gasteiger partial charge in [0.25, 0.3) is 5.91 Å². The van der Waals surface area contributed by atoms with Crippen molar-refractivity contribution in [3.8, 4) is 0 Å². The molecule has 1 fully saturated rings. The Balaban J connectivity index is 1.57. The molecule has 6 heteroatoms. The molecule has 0 spiro atoms. The monoisotopic (exact) mass is 466 g/mol. The van der Waals surface area contributed by atoms with E-state index in [1.165, 1.54) is 6.26 Å². The minimum atomic E-state index is -0.527. The number of anilines is 2. The zero-order chi connectivity index (χ0) is 21.1. The van der Waals surface area contributed by atoms with E-state index in [4.69, 9.17) is 4.42 Å². The quantitative estimate of drug-likeness (QED) is 0.480. The highest BCUT2D eigenvalue weighted by Gasteiger charge is 2.42. The molecule has 0 atom stereocenters. The molecular formula is C24H23BrN2O3. The van der Waals surface area contributed by atoms with Crippen molar-refractivity contribution in [1.29, 1.82) is 0 Å². The second kappa shape index (κ2) is 8.48. The number of rotatable bonds is 5. The van der Waals surface area contributed by atoms with Gasteiger partial charge in [-0.2, -0.15) is 0 Å². The highest BCUT2D eigenvalue weighted by Crippen LogP contribution is 2.42. The molecule has 0 aliphatic heterocycles. The van der Waals surface area contributed by atoms with Crippen LogP contribution in [0.3, 0.4) is 0 Å². The Morgan fingerprint density at radius 1 is 1.00 bits per heavy atom. The molecule has 2 aromatic carbocycles. The van der Waals surface area contributed by atoms with Crippen LogP contribution in [0.25, 0.3) is 0 Å². The van der Waals surface area contributed by atoms with Crippen molar-refractivity contribution in [2.24, 2.45) is 0 Å². The standard InChI is InChI=1S/C24H23BrN2O3/c1-16-6-11-19(26-22(28)21-5-4-14-30-21)15-20(16)27-23(29)24(12-2-3-13-24)17-7-9-18(25)10-8-17/h4-11,14-15H,2-3,12-13H2,1H3,(H,26,28)(H,27,29). The molecule has 0 radical (unpaired) electrons. The maximum atomic E-state index is 13.5. The molecule has 30 heavy (non-hydrogen) atoms. The Morgan fingerprint density at radius 3 is 2.40 bits per heavy atom. The normalized spacial score (nSPS) is 15.0. The fourth-order valence-corrected chi connectivity index (χ4v) is 4.34. The Bertz CT molecular complexity index is 1050. The molecular weight excluding hydrogens is 444 g/mol. The van der Waals surface area contributed by atoms with Crippen molar-refractivity contribution in [2.75, 3.05) is 10.6 Å². The number of nitrogens with one attached hydrogen (secondary N) is 2. The average molecular weight is 467 g/mol. The molecule has 4 rings (SSSR count). The van der Waals surface area contributed by atoms with Gasteiger partial charge in [0.1, 0.15) is 0 Å². The first-order chi connectivity index (χ1) is 14.5. The van der Waals surface area contributed by atoms with Crippen LogP contribution < -0.4 is 10.6 Å². The number of hydrogen-bond acceptors (Lipinski definition) is 3. The number of carbonyl (C=O) groups excluding carboxylic acids is 2. The van der Waals surface area contributed by atoms with Gasteiger partial charge in [-0.05, 0) is 67.3 Å². The zero-order valence-electron chi connectivity index (χ0n) is 16.7. The summed E-state index contributed by atoms with van der Waals surface area (Å²) >= 11 is 3.47. The fraction of sp³-hybridized carbons (Fsp3) is 0.250. The summed E-state index contributed by atoms with van der Waals surface area (Å²) in [6.45, 7) is 1.94. The third kappa shape index (κ3) is 4.05. The summed E-state index contributed by atoms with van der Waals surface area (Å²) in [6, 6.07) is 16.8. The van der Waals surface area contributed by atoms with Crippen LogP contribution in [0.1, 0.15) is 47.4 Å². The fourth-order valence-electron chi connectivity index (χ4n) is 4.07. The van der Waals surface area contributed by atoms with Crippen LogP contribution >= 0.6 is 15.9 Å². The van der Waals surface area contributed by atoms with Gasteiger partial charge in [0.2, 0.25) is 5.91 Å². The predicted octanol–water partition coefficient (Wildman–Crippen LogP) is 6.05. The summed E-state index contributed by atoms with van der Waals surface area (Å²) in [5.74, 6) is -0.0931. The summed E-state index contributed by atoms with van der Waals surface area (Å²) in [5.41, 5.74) is 2.74. The minimum Gasteiger partial charge on any atom is -0.459 e. The lowest BCUT2D eigenvalue weighted by atomic mass is 9.78. The largest absolute Gasteiger partial charge is 0.459 e. The Kier molecular flexibility index (Phi) is 5.77. The van der Waals surface area contributed by atoms with Crippen molar-refractivity contribution < 1.29 is 14.0 Å². The van der Waals surface area contributed by atoms with Crippen molar-refractivity contribution in [3.63, 3.8) is 0 Å². The SMILES string of the molecule is Cc1ccc(NC(=O)c2ccco2)cc1NC(=O)C1(c2ccc(Br)cc2)CCCC1. The van der Waals surface area contributed by atoms with Crippen LogP contribution in [0.15, 0.2) is 69.8 Å². The van der Waals surface area contributed by atoms with Crippen LogP contribution in [0.2, 0.25) is 0 Å². The van der Waals surface area contributed by atoms with E-state index in [9.17, 15) is 9.59 Å². The third-order valence-electron chi connectivity index (χ3n) is 5.78. The molecule has 2 amide bonds. The molecule has 5 nitrogen and oxygen atoms in total. The van der Waals surface area contributed by atoms with Crippen molar-refractivity contribution in [3.05, 3.63) is 82.2 Å². The van der Waals surface area contributed by atoms with E-state index in [2.05, 4.69) is 26.6 Å². The Morgan fingerprint density at radius 2 is 1.73 bits per heavy atom. The van der Waals surface area contributed by atoms with Gasteiger partial charge in [-0.1, -0.05) is 47.0 Å². The highest BCUT2D eigenvalue weighted by molar-refractivity contribution is 9.10. The van der Waals surface area contributed by atoms with E-state index in [1.54, 1.807) is 18.2 Å². The van der Waals surface area contributed by atoms with Crippen molar-refractivity contribution in [2.45, 2.75) is 38.0 Å². The lowest BCUT2D eigenvalue weighted by molar-refractivity contribution is -0.121. The van der Waals surface area contributed by atoms with Crippen LogP contribution in [-0.2, 0) is 10.2 Å². The van der Waals surface area contributed by atoms with Gasteiger partial charge in [-0.3, -0.25) is 9.59 Å². The first-order valence-corrected chi connectivity index (χ1v) is 10.8. The molecule has 0 bridgehead atoms. The van der Waals surface area contributed by atoms with Gasteiger partial charge in [-0.15, -0.1) is 0 Å². The molecule has 3 aromatic rings. The number of benzene rings is 2. The number of amides is 2. The first kappa shape index (κ1) is 20.4. The van der Waals surface area contributed by atoms with Crippen LogP contribution in [0.4, 0.5) is 11.4 Å². The smallest absolute Gasteiger partial charge is 0.291 e. The molecule has 0 unspecified atom stereocenters. The average Bonchev–Trinajstić information content (AvgIpc) is 3.44. The molecule has 1 saturated carbocycles. The molecule has 1 aromatic heterocycles. The molecule has 1 aliphatic rings. The molecule has 1 aliphatic carbocycles. The Hall–Kier alpha value is -2.86. The van der Waals surface area contributed by atoms with E-state index in [1.807, 2.05) is 43.3 Å². The summed E-state index contributed by atoms with van der Waals surface area (Å²) in [5, 5.41) is 5.94. The van der Waals surface area contributed by atoms with Gasteiger partial charge < -0.3 is 15.1 Å². The van der Waals surface area contributed by atoms with Crippen molar-refractivity contribution in [1.82, 2.24) is 0 Å². The van der Waals surface area contributed by atoms with E-state index >= 15 is 0 Å². The number of halogens is 1. The Labute approximate surface area is 184 Å². The first-order valence-electron chi connectivity index (χ1n) is 10.0.